The predicted octanol–water partition coefficient (Wildman–Crippen LogP) is 9.03. The highest BCUT2D eigenvalue weighted by Gasteiger charge is 2.17. The third kappa shape index (κ3) is 18.2. The normalized spacial score (nSPS) is 9.86. The lowest BCUT2D eigenvalue weighted by atomic mass is 10.1. The van der Waals surface area contributed by atoms with Crippen molar-refractivity contribution in [3.05, 3.63) is 207 Å². The number of carboxylic acids is 4. The van der Waals surface area contributed by atoms with Crippen LogP contribution in [-0.4, -0.2) is 81.0 Å². The number of rotatable bonds is 12. The largest absolute Gasteiger partial charge is 0.478 e. The molecule has 0 aliphatic heterocycles. The molecule has 2 amide bonds. The number of aromatic carboxylic acids is 4. The summed E-state index contributed by atoms with van der Waals surface area (Å²) in [5.41, 5.74) is 23.0. The first-order chi connectivity index (χ1) is 36.0. The Hall–Kier alpha value is -10.0. The monoisotopic (exact) mass is 1100 g/mol. The minimum atomic E-state index is -1.20. The zero-order valence-corrected chi connectivity index (χ0v) is 40.8. The van der Waals surface area contributed by atoms with Crippen LogP contribution >= 0.6 is 34.8 Å². The molecule has 0 radical (unpaired) electrons. The highest BCUT2D eigenvalue weighted by atomic mass is 35.5. The molecule has 0 saturated heterocycles. The molecule has 8 rings (SSSR count). The van der Waals surface area contributed by atoms with E-state index in [2.05, 4.69) is 40.9 Å². The molecular weight excluding hydrogens is 1060 g/mol. The van der Waals surface area contributed by atoms with Gasteiger partial charge in [-0.2, -0.15) is 0 Å². The van der Waals surface area contributed by atoms with Crippen LogP contribution in [-0.2, 0) is 0 Å². The van der Waals surface area contributed by atoms with E-state index in [1.807, 2.05) is 0 Å². The van der Waals surface area contributed by atoms with Crippen LogP contribution in [0.4, 0.5) is 54.7 Å². The molecular formula is C49H39Cl3F2N12O10. The molecule has 22 nitrogen and oxygen atoms in total. The molecule has 3 aromatic carbocycles. The van der Waals surface area contributed by atoms with Gasteiger partial charge < -0.3 is 59.3 Å². The van der Waals surface area contributed by atoms with Crippen LogP contribution in [0.2, 0.25) is 15.3 Å². The maximum Gasteiger partial charge on any atom is 0.339 e. The molecule has 390 valence electrons. The van der Waals surface area contributed by atoms with E-state index in [1.54, 1.807) is 54.6 Å². The highest BCUT2D eigenvalue weighted by molar-refractivity contribution is 6.36. The number of amides is 2. The van der Waals surface area contributed by atoms with E-state index in [0.717, 1.165) is 31.0 Å². The van der Waals surface area contributed by atoms with E-state index < -0.39 is 41.5 Å². The van der Waals surface area contributed by atoms with Crippen molar-refractivity contribution in [1.82, 2.24) is 24.9 Å². The minimum absolute atomic E-state index is 0.0453. The number of nitrogens with two attached hydrogens (primary N) is 4. The quantitative estimate of drug-likeness (QED) is 0.0401. The van der Waals surface area contributed by atoms with Crippen molar-refractivity contribution in [1.29, 1.82) is 0 Å². The molecule has 15 N–H and O–H groups in total. The number of carbonyl (C=O) groups is 6. The van der Waals surface area contributed by atoms with E-state index in [1.165, 1.54) is 60.7 Å². The number of carboxylic acid groups (broad SMARTS) is 4. The van der Waals surface area contributed by atoms with Gasteiger partial charge in [0.15, 0.2) is 0 Å². The Morgan fingerprint density at radius 1 is 0.421 bits per heavy atom. The maximum absolute atomic E-state index is 13.0. The van der Waals surface area contributed by atoms with Gasteiger partial charge in [-0.3, -0.25) is 9.59 Å². The highest BCUT2D eigenvalue weighted by Crippen LogP contribution is 2.28. The predicted molar refractivity (Wildman–Crippen MR) is 279 cm³/mol. The van der Waals surface area contributed by atoms with Crippen LogP contribution in [0.15, 0.2) is 146 Å². The molecule has 0 spiro atoms. The topological polar surface area (TPSA) is 388 Å². The molecule has 5 aromatic heterocycles. The molecule has 0 atom stereocenters. The standard InChI is InChI=1S/C18H14FN5O3.C13H10ClN3O3.C7H7NO2.C6H3Cl2NO2.C5H5FN2/c19-10-5-6-15(21-8-10)24-16-7-14(12(9-22-16)18(26)27)23-13-4-2-1-3-11(13)17(20)25;14-11-5-10(8(6-16-11)13(19)20)17-9-4-2-1-3-7(9)12(15)18;8-6-4-2-1-3-5(6)7(9)10;7-4-1-5(8)9-2-3(4)6(10)11;6-4-1-2-5(7)8-3-4/h1-9H,(H2,20,25)(H,26,27)(H2,21,22,23,24);1-6H,(H2,15,18)(H,16,17)(H,19,20);1-4H,8H2,(H,9,10);1-2H,(H,10,11);1-3H,(H2,7,8). The Balaban J connectivity index is 0.000000222. The van der Waals surface area contributed by atoms with E-state index in [-0.39, 0.29) is 71.7 Å². The van der Waals surface area contributed by atoms with Gasteiger partial charge in [-0.1, -0.05) is 71.2 Å². The summed E-state index contributed by atoms with van der Waals surface area (Å²) in [7, 11) is 0. The van der Waals surface area contributed by atoms with Crippen molar-refractivity contribution in [2.24, 2.45) is 11.5 Å². The van der Waals surface area contributed by atoms with Gasteiger partial charge in [0.25, 0.3) is 11.8 Å². The Kier molecular flexibility index (Phi) is 21.8. The van der Waals surface area contributed by atoms with Crippen molar-refractivity contribution in [3.63, 3.8) is 0 Å². The summed E-state index contributed by atoms with van der Waals surface area (Å²) in [4.78, 5) is 84.9. The number of nitrogens with one attached hydrogen (secondary N) is 3. The van der Waals surface area contributed by atoms with Crippen molar-refractivity contribution < 1.29 is 58.0 Å². The number of para-hydroxylation sites is 3. The van der Waals surface area contributed by atoms with Gasteiger partial charge in [-0.25, -0.2) is 52.9 Å². The number of halogens is 5. The molecule has 5 heterocycles. The third-order valence-electron chi connectivity index (χ3n) is 9.13. The molecule has 0 saturated carbocycles. The second-order valence-corrected chi connectivity index (χ2v) is 15.6. The van der Waals surface area contributed by atoms with Gasteiger partial charge >= 0.3 is 23.9 Å². The Morgan fingerprint density at radius 3 is 1.26 bits per heavy atom. The van der Waals surface area contributed by atoms with E-state index >= 15 is 0 Å². The first kappa shape index (κ1) is 58.5. The van der Waals surface area contributed by atoms with Gasteiger partial charge in [0, 0.05) is 30.3 Å². The zero-order valence-electron chi connectivity index (χ0n) is 38.5. The van der Waals surface area contributed by atoms with Crippen LogP contribution in [0.5, 0.6) is 0 Å². The van der Waals surface area contributed by atoms with Gasteiger partial charge in [-0.15, -0.1) is 0 Å². The number of hydrogen-bond donors (Lipinski definition) is 11. The summed E-state index contributed by atoms with van der Waals surface area (Å²) in [5, 5.41) is 44.5. The number of hydrogen-bond acceptors (Lipinski definition) is 16. The lowest BCUT2D eigenvalue weighted by Crippen LogP contribution is -2.14. The molecule has 0 fully saturated rings. The van der Waals surface area contributed by atoms with Crippen molar-refractivity contribution in [2.45, 2.75) is 0 Å². The second-order valence-electron chi connectivity index (χ2n) is 14.4. The van der Waals surface area contributed by atoms with Gasteiger partial charge in [0.1, 0.15) is 50.5 Å². The second kappa shape index (κ2) is 28.3. The van der Waals surface area contributed by atoms with Gasteiger partial charge in [-0.05, 0) is 72.8 Å². The molecule has 8 aromatic rings. The average Bonchev–Trinajstić information content (AvgIpc) is 3.36. The Bertz CT molecular complexity index is 3360. The average molecular weight is 1100 g/mol. The van der Waals surface area contributed by atoms with E-state index in [4.69, 9.17) is 73.1 Å². The van der Waals surface area contributed by atoms with Gasteiger partial charge in [0.05, 0.1) is 62.4 Å². The Morgan fingerprint density at radius 2 is 0.842 bits per heavy atom. The van der Waals surface area contributed by atoms with Crippen molar-refractivity contribution in [3.8, 4) is 0 Å². The molecule has 27 heteroatoms. The number of benzene rings is 3. The SMILES string of the molecule is NC(=O)c1ccccc1Nc1cc(Cl)ncc1C(=O)O.NC(=O)c1ccccc1Nc1cc(Nc2ccc(F)cn2)ncc1C(=O)O.Nc1ccc(F)cn1.Nc1ccccc1C(=O)O.O=C(O)c1cnc(Cl)cc1Cl. The van der Waals surface area contributed by atoms with Crippen LogP contribution in [0.3, 0.4) is 0 Å². The number of carbonyl (C=O) groups excluding carboxylic acids is 2. The van der Waals surface area contributed by atoms with Crippen LogP contribution in [0.25, 0.3) is 0 Å². The van der Waals surface area contributed by atoms with Crippen LogP contribution in [0, 0.1) is 11.6 Å². The smallest absolute Gasteiger partial charge is 0.339 e. The third-order valence-corrected chi connectivity index (χ3v) is 9.86. The number of primary amides is 2. The molecule has 0 bridgehead atoms. The van der Waals surface area contributed by atoms with E-state index in [9.17, 15) is 42.7 Å². The molecule has 0 aliphatic carbocycles. The fourth-order valence-electron chi connectivity index (χ4n) is 5.63. The van der Waals surface area contributed by atoms with Crippen LogP contribution in [0.1, 0.15) is 62.1 Å². The molecule has 0 aliphatic rings. The summed E-state index contributed by atoms with van der Waals surface area (Å²) >= 11 is 16.7. The summed E-state index contributed by atoms with van der Waals surface area (Å²) < 4.78 is 24.9. The number of aromatic nitrogens is 5. The fraction of sp³-hybridized carbons (Fsp3) is 0. The summed E-state index contributed by atoms with van der Waals surface area (Å²) in [5.74, 6) is -5.64. The fourth-order valence-corrected chi connectivity index (χ4v) is 6.23. The lowest BCUT2D eigenvalue weighted by molar-refractivity contribution is 0.0686. The lowest BCUT2D eigenvalue weighted by Gasteiger charge is -2.14. The first-order valence-electron chi connectivity index (χ1n) is 20.9. The van der Waals surface area contributed by atoms with Gasteiger partial charge in [0.2, 0.25) is 0 Å². The van der Waals surface area contributed by atoms with Crippen molar-refractivity contribution in [2.75, 3.05) is 27.4 Å². The summed E-state index contributed by atoms with van der Waals surface area (Å²) in [6, 6.07) is 28.7. The number of anilines is 8. The zero-order chi connectivity index (χ0) is 56.1. The molecule has 0 unspecified atom stereocenters. The summed E-state index contributed by atoms with van der Waals surface area (Å²) in [6.07, 6.45) is 5.53. The van der Waals surface area contributed by atoms with E-state index in [0.29, 0.717) is 28.7 Å². The number of nitrogen functional groups attached to an aromatic ring is 2. The Labute approximate surface area is 443 Å². The maximum atomic E-state index is 13.0. The minimum Gasteiger partial charge on any atom is -0.478 e. The summed E-state index contributed by atoms with van der Waals surface area (Å²) in [6.45, 7) is 0. The van der Waals surface area contributed by atoms with Crippen LogP contribution < -0.4 is 38.9 Å². The number of pyridine rings is 5. The number of nitrogens with zero attached hydrogens (tertiary/aromatic N) is 5. The van der Waals surface area contributed by atoms with Crippen molar-refractivity contribution >= 4 is 116 Å². The molecule has 76 heavy (non-hydrogen) atoms. The first-order valence-corrected chi connectivity index (χ1v) is 22.0.